The Labute approximate surface area is 109 Å². The summed E-state index contributed by atoms with van der Waals surface area (Å²) in [5.41, 5.74) is -0.877. The Morgan fingerprint density at radius 1 is 1.17 bits per heavy atom. The maximum atomic E-state index is 11.0. The maximum Gasteiger partial charge on any atom is 0.323 e. The SMILES string of the molecule is CCC(C)(NCCOCCOCCOC)C(=O)O. The highest BCUT2D eigenvalue weighted by Crippen LogP contribution is 2.08. The number of ether oxygens (including phenoxy) is 3. The van der Waals surface area contributed by atoms with Crippen LogP contribution in [-0.4, -0.2) is 63.3 Å². The third kappa shape index (κ3) is 7.60. The molecule has 0 aliphatic rings. The number of hydrogen-bond donors (Lipinski definition) is 2. The van der Waals surface area contributed by atoms with Gasteiger partial charge < -0.3 is 19.3 Å². The summed E-state index contributed by atoms with van der Waals surface area (Å²) in [5.74, 6) is -0.840. The van der Waals surface area contributed by atoms with Crippen LogP contribution in [0.1, 0.15) is 20.3 Å². The van der Waals surface area contributed by atoms with Crippen LogP contribution in [0.25, 0.3) is 0 Å². The molecule has 0 aromatic carbocycles. The Balaban J connectivity index is 3.42. The first kappa shape index (κ1) is 17.3. The van der Waals surface area contributed by atoms with Gasteiger partial charge in [0, 0.05) is 13.7 Å². The number of nitrogens with one attached hydrogen (secondary N) is 1. The summed E-state index contributed by atoms with van der Waals surface area (Å²) in [5, 5.41) is 12.0. The van der Waals surface area contributed by atoms with Crippen molar-refractivity contribution in [2.45, 2.75) is 25.8 Å². The molecule has 0 aliphatic carbocycles. The van der Waals surface area contributed by atoms with Crippen LogP contribution < -0.4 is 5.32 Å². The van der Waals surface area contributed by atoms with E-state index >= 15 is 0 Å². The van der Waals surface area contributed by atoms with E-state index in [-0.39, 0.29) is 0 Å². The molecule has 108 valence electrons. The summed E-state index contributed by atoms with van der Waals surface area (Å²) in [6.07, 6.45) is 0.530. The molecule has 0 fully saturated rings. The van der Waals surface area contributed by atoms with E-state index in [1.54, 1.807) is 14.0 Å². The number of carboxylic acids is 1. The lowest BCUT2D eigenvalue weighted by molar-refractivity contribution is -0.144. The van der Waals surface area contributed by atoms with Crippen molar-refractivity contribution < 1.29 is 24.1 Å². The average molecular weight is 263 g/mol. The van der Waals surface area contributed by atoms with Crippen LogP contribution in [0.3, 0.4) is 0 Å². The van der Waals surface area contributed by atoms with Gasteiger partial charge in [-0.2, -0.15) is 0 Å². The van der Waals surface area contributed by atoms with Gasteiger partial charge in [0.25, 0.3) is 0 Å². The van der Waals surface area contributed by atoms with Gasteiger partial charge in [0.2, 0.25) is 0 Å². The van der Waals surface area contributed by atoms with E-state index in [9.17, 15) is 4.79 Å². The molecule has 0 amide bonds. The second-order valence-corrected chi connectivity index (χ2v) is 4.14. The zero-order valence-electron chi connectivity index (χ0n) is 11.5. The number of carbonyl (C=O) groups is 1. The summed E-state index contributed by atoms with van der Waals surface area (Å²) in [4.78, 5) is 11.0. The third-order valence-corrected chi connectivity index (χ3v) is 2.74. The Morgan fingerprint density at radius 2 is 1.72 bits per heavy atom. The fourth-order valence-corrected chi connectivity index (χ4v) is 1.22. The van der Waals surface area contributed by atoms with Crippen LogP contribution in [-0.2, 0) is 19.0 Å². The highest BCUT2D eigenvalue weighted by Gasteiger charge is 2.29. The monoisotopic (exact) mass is 263 g/mol. The summed E-state index contributed by atoms with van der Waals surface area (Å²) in [6.45, 7) is 6.65. The molecule has 0 saturated heterocycles. The second kappa shape index (κ2) is 10.3. The van der Waals surface area contributed by atoms with E-state index in [2.05, 4.69) is 5.32 Å². The van der Waals surface area contributed by atoms with Crippen LogP contribution in [0.4, 0.5) is 0 Å². The molecule has 0 heterocycles. The van der Waals surface area contributed by atoms with Gasteiger partial charge in [0.05, 0.1) is 33.0 Å². The largest absolute Gasteiger partial charge is 0.480 e. The average Bonchev–Trinajstić information content (AvgIpc) is 2.36. The topological polar surface area (TPSA) is 77.0 Å². The number of carboxylic acid groups (broad SMARTS) is 1. The number of hydrogen-bond acceptors (Lipinski definition) is 5. The van der Waals surface area contributed by atoms with Crippen LogP contribution >= 0.6 is 0 Å². The van der Waals surface area contributed by atoms with Gasteiger partial charge in [-0.3, -0.25) is 10.1 Å². The van der Waals surface area contributed by atoms with E-state index in [4.69, 9.17) is 19.3 Å². The molecule has 6 nitrogen and oxygen atoms in total. The van der Waals surface area contributed by atoms with Gasteiger partial charge in [0.15, 0.2) is 0 Å². The maximum absolute atomic E-state index is 11.0. The zero-order valence-corrected chi connectivity index (χ0v) is 11.5. The first-order chi connectivity index (χ1) is 8.56. The summed E-state index contributed by atoms with van der Waals surface area (Å²) >= 11 is 0. The summed E-state index contributed by atoms with van der Waals surface area (Å²) in [7, 11) is 1.62. The highest BCUT2D eigenvalue weighted by atomic mass is 16.5. The molecule has 18 heavy (non-hydrogen) atoms. The lowest BCUT2D eigenvalue weighted by Crippen LogP contribution is -2.50. The molecule has 2 N–H and O–H groups in total. The summed E-state index contributed by atoms with van der Waals surface area (Å²) in [6, 6.07) is 0. The van der Waals surface area contributed by atoms with Crippen molar-refractivity contribution in [1.29, 1.82) is 0 Å². The predicted octanol–water partition coefficient (Wildman–Crippen LogP) is 0.509. The predicted molar refractivity (Wildman–Crippen MR) is 67.8 cm³/mol. The van der Waals surface area contributed by atoms with Crippen LogP contribution in [0.15, 0.2) is 0 Å². The van der Waals surface area contributed by atoms with E-state index in [0.29, 0.717) is 46.0 Å². The molecule has 0 radical (unpaired) electrons. The van der Waals surface area contributed by atoms with Crippen LogP contribution in [0.2, 0.25) is 0 Å². The molecular weight excluding hydrogens is 238 g/mol. The molecular formula is C12H25NO5. The fraction of sp³-hybridized carbons (Fsp3) is 0.917. The second-order valence-electron chi connectivity index (χ2n) is 4.14. The molecule has 0 aromatic heterocycles. The Morgan fingerprint density at radius 3 is 2.22 bits per heavy atom. The molecule has 0 rings (SSSR count). The molecule has 6 heteroatoms. The quantitative estimate of drug-likeness (QED) is 0.500. The van der Waals surface area contributed by atoms with E-state index in [0.717, 1.165) is 0 Å². The van der Waals surface area contributed by atoms with Gasteiger partial charge in [0.1, 0.15) is 5.54 Å². The highest BCUT2D eigenvalue weighted by molar-refractivity contribution is 5.78. The molecule has 0 saturated carbocycles. The normalized spacial score (nSPS) is 14.4. The smallest absolute Gasteiger partial charge is 0.323 e. The van der Waals surface area contributed by atoms with Crippen molar-refractivity contribution in [2.75, 3.05) is 46.7 Å². The number of methoxy groups -OCH3 is 1. The molecule has 0 aromatic rings. The van der Waals surface area contributed by atoms with E-state index in [1.807, 2.05) is 6.92 Å². The van der Waals surface area contributed by atoms with E-state index in [1.165, 1.54) is 0 Å². The Hall–Kier alpha value is -0.690. The number of aliphatic carboxylic acids is 1. The zero-order chi connectivity index (χ0) is 13.9. The van der Waals surface area contributed by atoms with Crippen molar-refractivity contribution in [1.82, 2.24) is 5.32 Å². The first-order valence-electron chi connectivity index (χ1n) is 6.19. The molecule has 0 aliphatic heterocycles. The summed E-state index contributed by atoms with van der Waals surface area (Å²) < 4.78 is 15.4. The third-order valence-electron chi connectivity index (χ3n) is 2.74. The Kier molecular flexibility index (Phi) is 9.86. The van der Waals surface area contributed by atoms with Crippen LogP contribution in [0.5, 0.6) is 0 Å². The molecule has 1 atom stereocenters. The minimum absolute atomic E-state index is 0.469. The minimum atomic E-state index is -0.877. The van der Waals surface area contributed by atoms with Gasteiger partial charge in [-0.25, -0.2) is 0 Å². The Bertz CT molecular complexity index is 225. The van der Waals surface area contributed by atoms with Crippen LogP contribution in [0, 0.1) is 0 Å². The molecule has 0 bridgehead atoms. The van der Waals surface area contributed by atoms with Crippen molar-refractivity contribution in [3.8, 4) is 0 Å². The van der Waals surface area contributed by atoms with Gasteiger partial charge >= 0.3 is 5.97 Å². The molecule has 1 unspecified atom stereocenters. The standard InChI is InChI=1S/C12H25NO5/c1-4-12(2,11(14)15)13-5-6-17-9-10-18-8-7-16-3/h13H,4-10H2,1-3H3,(H,14,15). The van der Waals surface area contributed by atoms with Gasteiger partial charge in [-0.15, -0.1) is 0 Å². The van der Waals surface area contributed by atoms with Gasteiger partial charge in [-0.1, -0.05) is 6.92 Å². The van der Waals surface area contributed by atoms with Crippen molar-refractivity contribution in [3.05, 3.63) is 0 Å². The first-order valence-corrected chi connectivity index (χ1v) is 6.19. The van der Waals surface area contributed by atoms with Crippen molar-refractivity contribution in [3.63, 3.8) is 0 Å². The lowest BCUT2D eigenvalue weighted by atomic mass is 9.99. The minimum Gasteiger partial charge on any atom is -0.480 e. The van der Waals surface area contributed by atoms with Crippen molar-refractivity contribution >= 4 is 5.97 Å². The number of rotatable bonds is 12. The van der Waals surface area contributed by atoms with Gasteiger partial charge in [-0.05, 0) is 13.3 Å². The van der Waals surface area contributed by atoms with E-state index < -0.39 is 11.5 Å². The fourth-order valence-electron chi connectivity index (χ4n) is 1.22. The lowest BCUT2D eigenvalue weighted by Gasteiger charge is -2.24. The molecule has 0 spiro atoms. The van der Waals surface area contributed by atoms with Crippen molar-refractivity contribution in [2.24, 2.45) is 0 Å².